The molecule has 170 valence electrons. The summed E-state index contributed by atoms with van der Waals surface area (Å²) in [4.78, 5) is 9.15. The molecule has 0 unspecified atom stereocenters. The molecule has 1 N–H and O–H groups in total. The van der Waals surface area contributed by atoms with Gasteiger partial charge in [-0.2, -0.15) is 0 Å². The van der Waals surface area contributed by atoms with Crippen molar-refractivity contribution in [3.8, 4) is 0 Å². The number of hydrogen-bond acceptors (Lipinski definition) is 4. The van der Waals surface area contributed by atoms with Crippen molar-refractivity contribution in [3.05, 3.63) is 64.4 Å². The molecule has 0 amide bonds. The third kappa shape index (κ3) is 4.12. The van der Waals surface area contributed by atoms with E-state index in [1.165, 1.54) is 11.1 Å². The average Bonchev–Trinajstić information content (AvgIpc) is 3.08. The second kappa shape index (κ2) is 9.00. The molecule has 0 saturated carbocycles. The Balaban J connectivity index is 1.82. The second-order valence-electron chi connectivity index (χ2n) is 9.10. The van der Waals surface area contributed by atoms with Gasteiger partial charge in [0.05, 0.1) is 23.3 Å². The predicted molar refractivity (Wildman–Crippen MR) is 136 cm³/mol. The predicted octanol–water partition coefficient (Wildman–Crippen LogP) is 5.38. The van der Waals surface area contributed by atoms with Crippen molar-refractivity contribution in [2.45, 2.75) is 44.8 Å². The van der Waals surface area contributed by atoms with Gasteiger partial charge < -0.3 is 19.9 Å². The molecule has 4 rings (SSSR count). The summed E-state index contributed by atoms with van der Waals surface area (Å²) in [6, 6.07) is 10.2. The molecule has 5 nitrogen and oxygen atoms in total. The van der Waals surface area contributed by atoms with Crippen LogP contribution in [-0.4, -0.2) is 47.8 Å². The van der Waals surface area contributed by atoms with Gasteiger partial charge in [0, 0.05) is 49.8 Å². The van der Waals surface area contributed by atoms with Crippen molar-refractivity contribution in [3.63, 3.8) is 0 Å². The molecule has 0 bridgehead atoms. The molecule has 2 aliphatic rings. The smallest absolute Gasteiger partial charge is 0.170 e. The number of thiocarbonyl (C=S) groups is 1. The van der Waals surface area contributed by atoms with E-state index in [-0.39, 0.29) is 17.6 Å². The normalized spacial score (nSPS) is 21.9. The van der Waals surface area contributed by atoms with Crippen LogP contribution in [0.5, 0.6) is 0 Å². The van der Waals surface area contributed by atoms with Crippen molar-refractivity contribution < 1.29 is 4.74 Å². The van der Waals surface area contributed by atoms with Crippen LogP contribution in [0.25, 0.3) is 5.57 Å². The lowest BCUT2D eigenvalue weighted by molar-refractivity contribution is 0.180. The minimum atomic E-state index is -0.0798. The van der Waals surface area contributed by atoms with E-state index in [4.69, 9.17) is 28.6 Å². The maximum Gasteiger partial charge on any atom is 0.170 e. The van der Waals surface area contributed by atoms with Crippen molar-refractivity contribution >= 4 is 40.2 Å². The van der Waals surface area contributed by atoms with Gasteiger partial charge in [-0.3, -0.25) is 4.98 Å². The Morgan fingerprint density at radius 2 is 2.06 bits per heavy atom. The topological polar surface area (TPSA) is 40.6 Å². The molecule has 32 heavy (non-hydrogen) atoms. The van der Waals surface area contributed by atoms with Crippen LogP contribution >= 0.6 is 23.8 Å². The number of pyridine rings is 1. The Labute approximate surface area is 201 Å². The quantitative estimate of drug-likeness (QED) is 0.451. The molecular weight excluding hydrogens is 440 g/mol. The van der Waals surface area contributed by atoms with E-state index >= 15 is 0 Å². The van der Waals surface area contributed by atoms with Gasteiger partial charge in [0.15, 0.2) is 5.11 Å². The Hall–Kier alpha value is -2.15. The number of halogens is 1. The zero-order valence-corrected chi connectivity index (χ0v) is 20.9. The van der Waals surface area contributed by atoms with Crippen LogP contribution in [0.4, 0.5) is 5.69 Å². The minimum Gasteiger partial charge on any atom is -0.385 e. The van der Waals surface area contributed by atoms with Crippen LogP contribution < -0.4 is 10.2 Å². The first-order chi connectivity index (χ1) is 15.2. The lowest BCUT2D eigenvalue weighted by Gasteiger charge is -2.41. The molecule has 3 heterocycles. The van der Waals surface area contributed by atoms with E-state index < -0.39 is 0 Å². The highest BCUT2D eigenvalue weighted by molar-refractivity contribution is 7.80. The van der Waals surface area contributed by atoms with Crippen molar-refractivity contribution in [2.24, 2.45) is 0 Å². The number of benzene rings is 1. The third-order valence-corrected chi connectivity index (χ3v) is 7.28. The molecule has 1 fully saturated rings. The molecule has 2 aliphatic heterocycles. The molecule has 1 saturated heterocycles. The summed E-state index contributed by atoms with van der Waals surface area (Å²) in [5.74, 6) is 0. The SMILES string of the molecule is COCCCN1C(=S)N[C@@H](c2ccccn2)[C@H]1c1cc2c(cc1Cl)N(C)C(C)(C)C=C2C. The van der Waals surface area contributed by atoms with E-state index in [2.05, 4.69) is 66.1 Å². The molecule has 2 aromatic rings. The minimum absolute atomic E-state index is 0.0555. The number of nitrogens with zero attached hydrogens (tertiary/aromatic N) is 3. The molecule has 0 spiro atoms. The first kappa shape index (κ1) is 23.0. The van der Waals surface area contributed by atoms with Crippen LogP contribution in [0.1, 0.15) is 56.1 Å². The highest BCUT2D eigenvalue weighted by Gasteiger charge is 2.41. The van der Waals surface area contributed by atoms with Crippen LogP contribution in [0.15, 0.2) is 42.6 Å². The maximum atomic E-state index is 6.99. The maximum absolute atomic E-state index is 6.99. The number of rotatable bonds is 6. The monoisotopic (exact) mass is 470 g/mol. The van der Waals surface area contributed by atoms with Gasteiger partial charge in [0.2, 0.25) is 0 Å². The van der Waals surface area contributed by atoms with E-state index in [0.717, 1.165) is 40.0 Å². The van der Waals surface area contributed by atoms with Gasteiger partial charge in [-0.15, -0.1) is 0 Å². The summed E-state index contributed by atoms with van der Waals surface area (Å²) in [5, 5.41) is 4.98. The number of allylic oxidation sites excluding steroid dienone is 1. The van der Waals surface area contributed by atoms with Gasteiger partial charge in [0.25, 0.3) is 0 Å². The van der Waals surface area contributed by atoms with E-state index in [1.54, 1.807) is 7.11 Å². The molecule has 1 aromatic heterocycles. The van der Waals surface area contributed by atoms with Crippen LogP contribution in [0.2, 0.25) is 5.02 Å². The Bertz CT molecular complexity index is 1040. The number of ether oxygens (including phenoxy) is 1. The zero-order valence-electron chi connectivity index (χ0n) is 19.4. The Morgan fingerprint density at radius 3 is 2.75 bits per heavy atom. The number of aromatic nitrogens is 1. The van der Waals surface area contributed by atoms with Crippen LogP contribution in [0.3, 0.4) is 0 Å². The molecule has 1 aromatic carbocycles. The van der Waals surface area contributed by atoms with Crippen LogP contribution in [-0.2, 0) is 4.74 Å². The van der Waals surface area contributed by atoms with Gasteiger partial charge in [-0.25, -0.2) is 0 Å². The molecule has 0 radical (unpaired) electrons. The highest BCUT2D eigenvalue weighted by Crippen LogP contribution is 2.46. The van der Waals surface area contributed by atoms with Crippen molar-refractivity contribution in [1.82, 2.24) is 15.2 Å². The summed E-state index contributed by atoms with van der Waals surface area (Å²) >= 11 is 12.7. The first-order valence-electron chi connectivity index (χ1n) is 11.0. The van der Waals surface area contributed by atoms with E-state index in [0.29, 0.717) is 6.61 Å². The molecule has 2 atom stereocenters. The van der Waals surface area contributed by atoms with Crippen molar-refractivity contribution in [2.75, 3.05) is 32.2 Å². The third-order valence-electron chi connectivity index (χ3n) is 6.60. The number of nitrogens with one attached hydrogen (secondary N) is 1. The summed E-state index contributed by atoms with van der Waals surface area (Å²) in [6.07, 6.45) is 5.02. The van der Waals surface area contributed by atoms with E-state index in [1.807, 2.05) is 24.4 Å². The van der Waals surface area contributed by atoms with Gasteiger partial charge in [0.1, 0.15) is 0 Å². The molecule has 0 aliphatic carbocycles. The molecule has 7 heteroatoms. The zero-order chi connectivity index (χ0) is 23.0. The number of likely N-dealkylation sites (N-methyl/N-ethyl adjacent to an activating group) is 1. The standard InChI is InChI=1S/C25H31ClN4OS/c1-16-15-25(2,3)29(4)21-14-19(26)18(13-17(16)21)23-22(20-9-6-7-10-27-20)28-24(32)30(23)11-8-12-31-5/h6-7,9-10,13-15,22-23H,8,11-12H2,1-5H3,(H,28,32)/t22-,23+/m0/s1. The fourth-order valence-corrected chi connectivity index (χ4v) is 5.38. The number of hydrogen-bond donors (Lipinski definition) is 1. The number of anilines is 1. The number of fused-ring (bicyclic) bond motifs is 1. The van der Waals surface area contributed by atoms with E-state index in [9.17, 15) is 0 Å². The average molecular weight is 471 g/mol. The second-order valence-corrected chi connectivity index (χ2v) is 9.89. The summed E-state index contributed by atoms with van der Waals surface area (Å²) in [6.45, 7) is 8.07. The van der Waals surface area contributed by atoms with Crippen LogP contribution in [0, 0.1) is 0 Å². The summed E-state index contributed by atoms with van der Waals surface area (Å²) in [5.41, 5.74) is 5.56. The highest BCUT2D eigenvalue weighted by atomic mass is 35.5. The van der Waals surface area contributed by atoms with Gasteiger partial charge >= 0.3 is 0 Å². The fraction of sp³-hybridized carbons (Fsp3) is 0.440. The fourth-order valence-electron chi connectivity index (χ4n) is 4.78. The van der Waals surface area contributed by atoms with Gasteiger partial charge in [-0.1, -0.05) is 23.7 Å². The number of methoxy groups -OCH3 is 1. The Morgan fingerprint density at radius 1 is 1.28 bits per heavy atom. The molecular formula is C25H31ClN4OS. The largest absolute Gasteiger partial charge is 0.385 e. The van der Waals surface area contributed by atoms with Gasteiger partial charge in [-0.05, 0) is 74.8 Å². The Kier molecular flexibility index (Phi) is 6.48. The lowest BCUT2D eigenvalue weighted by Crippen LogP contribution is -2.42. The summed E-state index contributed by atoms with van der Waals surface area (Å²) < 4.78 is 5.29. The summed E-state index contributed by atoms with van der Waals surface area (Å²) in [7, 11) is 3.85. The first-order valence-corrected chi connectivity index (χ1v) is 11.8. The lowest BCUT2D eigenvalue weighted by atomic mass is 9.86. The van der Waals surface area contributed by atoms with Crippen molar-refractivity contribution in [1.29, 1.82) is 0 Å².